The van der Waals surface area contributed by atoms with Crippen LogP contribution in [0.5, 0.6) is 0 Å². The number of morpholine rings is 1. The van der Waals surface area contributed by atoms with E-state index in [1.165, 1.54) is 4.31 Å². The molecular weight excluding hydrogens is 394 g/mol. The third-order valence-corrected chi connectivity index (χ3v) is 6.64. The van der Waals surface area contributed by atoms with Gasteiger partial charge in [-0.3, -0.25) is 4.79 Å². The molecule has 4 rings (SSSR count). The molecule has 1 fully saturated rings. The number of sulfonamides is 1. The number of aryl methyl sites for hydroxylation is 1. The van der Waals surface area contributed by atoms with Crippen LogP contribution in [0.25, 0.3) is 5.65 Å². The van der Waals surface area contributed by atoms with Gasteiger partial charge < -0.3 is 10.1 Å². The van der Waals surface area contributed by atoms with Gasteiger partial charge in [-0.05, 0) is 30.2 Å². The van der Waals surface area contributed by atoms with Gasteiger partial charge in [0.05, 0.1) is 24.3 Å². The molecule has 0 radical (unpaired) electrons. The Morgan fingerprint density at radius 3 is 2.59 bits per heavy atom. The molecular formula is C19H21N5O4S. The summed E-state index contributed by atoms with van der Waals surface area (Å²) in [5.74, 6) is 0.398. The maximum atomic E-state index is 12.6. The van der Waals surface area contributed by atoms with Crippen molar-refractivity contribution in [2.75, 3.05) is 31.6 Å². The average Bonchev–Trinajstić information content (AvgIpc) is 3.23. The molecule has 9 nitrogen and oxygen atoms in total. The fourth-order valence-corrected chi connectivity index (χ4v) is 4.56. The minimum Gasteiger partial charge on any atom is -0.379 e. The molecule has 3 aromatic rings. The molecule has 3 heterocycles. The van der Waals surface area contributed by atoms with E-state index in [1.54, 1.807) is 53.3 Å². The van der Waals surface area contributed by atoms with Crippen LogP contribution in [-0.2, 0) is 26.0 Å². The number of nitrogens with one attached hydrogen (secondary N) is 1. The number of amides is 1. The quantitative estimate of drug-likeness (QED) is 0.651. The van der Waals surface area contributed by atoms with Crippen LogP contribution in [0.1, 0.15) is 12.0 Å². The molecule has 1 aromatic carbocycles. The number of hydrogen-bond acceptors (Lipinski definition) is 6. The fourth-order valence-electron chi connectivity index (χ4n) is 3.16. The van der Waals surface area contributed by atoms with Crippen molar-refractivity contribution in [2.24, 2.45) is 0 Å². The monoisotopic (exact) mass is 415 g/mol. The summed E-state index contributed by atoms with van der Waals surface area (Å²) in [5.41, 5.74) is 1.54. The van der Waals surface area contributed by atoms with Gasteiger partial charge in [0.2, 0.25) is 15.9 Å². The lowest BCUT2D eigenvalue weighted by molar-refractivity contribution is -0.116. The van der Waals surface area contributed by atoms with E-state index in [0.717, 1.165) is 5.56 Å². The van der Waals surface area contributed by atoms with Gasteiger partial charge in [-0.25, -0.2) is 13.4 Å². The largest absolute Gasteiger partial charge is 0.379 e. The van der Waals surface area contributed by atoms with Crippen LogP contribution in [0.15, 0.2) is 53.7 Å². The average molecular weight is 415 g/mol. The van der Waals surface area contributed by atoms with Crippen molar-refractivity contribution in [3.05, 3.63) is 54.4 Å². The minimum atomic E-state index is -3.51. The Labute approximate surface area is 168 Å². The molecule has 29 heavy (non-hydrogen) atoms. The summed E-state index contributed by atoms with van der Waals surface area (Å²) < 4.78 is 33.5. The van der Waals surface area contributed by atoms with Crippen molar-refractivity contribution in [2.45, 2.75) is 17.7 Å². The molecule has 0 aliphatic carbocycles. The smallest absolute Gasteiger partial charge is 0.243 e. The zero-order chi connectivity index (χ0) is 20.3. The second-order valence-electron chi connectivity index (χ2n) is 6.64. The summed E-state index contributed by atoms with van der Waals surface area (Å²) in [6.45, 7) is 1.55. The number of fused-ring (bicyclic) bond motifs is 1. The van der Waals surface area contributed by atoms with Crippen LogP contribution >= 0.6 is 0 Å². The van der Waals surface area contributed by atoms with Gasteiger partial charge in [-0.2, -0.15) is 13.9 Å². The number of ether oxygens (including phenoxy) is 1. The number of nitrogens with zero attached hydrogens (tertiary/aromatic N) is 4. The van der Waals surface area contributed by atoms with Crippen LogP contribution in [0.2, 0.25) is 0 Å². The topological polar surface area (TPSA) is 106 Å². The van der Waals surface area contributed by atoms with Gasteiger partial charge in [0, 0.05) is 31.8 Å². The summed E-state index contributed by atoms with van der Waals surface area (Å²) in [7, 11) is -3.51. The van der Waals surface area contributed by atoms with Crippen molar-refractivity contribution in [1.82, 2.24) is 18.9 Å². The van der Waals surface area contributed by atoms with E-state index < -0.39 is 10.0 Å². The normalized spacial score (nSPS) is 15.4. The van der Waals surface area contributed by atoms with Crippen LogP contribution in [0.4, 0.5) is 5.82 Å². The summed E-state index contributed by atoms with van der Waals surface area (Å²) >= 11 is 0. The lowest BCUT2D eigenvalue weighted by atomic mass is 10.1. The molecule has 1 N–H and O–H groups in total. The minimum absolute atomic E-state index is 0.155. The van der Waals surface area contributed by atoms with Crippen LogP contribution < -0.4 is 5.32 Å². The van der Waals surface area contributed by atoms with Gasteiger partial charge in [0.15, 0.2) is 5.65 Å². The van der Waals surface area contributed by atoms with E-state index in [4.69, 9.17) is 4.74 Å². The Kier molecular flexibility index (Phi) is 5.56. The Hall–Kier alpha value is -2.82. The van der Waals surface area contributed by atoms with Crippen molar-refractivity contribution >= 4 is 27.4 Å². The van der Waals surface area contributed by atoms with Gasteiger partial charge in [0.1, 0.15) is 5.82 Å². The number of rotatable bonds is 6. The Bertz CT molecular complexity index is 1110. The van der Waals surface area contributed by atoms with E-state index in [0.29, 0.717) is 44.2 Å². The molecule has 0 spiro atoms. The van der Waals surface area contributed by atoms with E-state index in [1.807, 2.05) is 0 Å². The third-order valence-electron chi connectivity index (χ3n) is 4.73. The van der Waals surface area contributed by atoms with Gasteiger partial charge in [0.25, 0.3) is 0 Å². The van der Waals surface area contributed by atoms with Gasteiger partial charge in [-0.15, -0.1) is 0 Å². The second-order valence-corrected chi connectivity index (χ2v) is 8.58. The first-order valence-corrected chi connectivity index (χ1v) is 10.7. The summed E-state index contributed by atoms with van der Waals surface area (Å²) in [6.07, 6.45) is 3.99. The highest BCUT2D eigenvalue weighted by Crippen LogP contribution is 2.18. The first-order valence-electron chi connectivity index (χ1n) is 9.29. The highest BCUT2D eigenvalue weighted by Gasteiger charge is 2.26. The molecule has 2 aromatic heterocycles. The highest BCUT2D eigenvalue weighted by atomic mass is 32.2. The number of aromatic nitrogens is 3. The maximum absolute atomic E-state index is 12.6. The third kappa shape index (κ3) is 4.29. The molecule has 1 saturated heterocycles. The number of anilines is 1. The summed E-state index contributed by atoms with van der Waals surface area (Å²) in [4.78, 5) is 16.7. The lowest BCUT2D eigenvalue weighted by Gasteiger charge is -2.26. The Balaban J connectivity index is 1.36. The molecule has 0 unspecified atom stereocenters. The van der Waals surface area contributed by atoms with Crippen LogP contribution in [0, 0.1) is 0 Å². The van der Waals surface area contributed by atoms with Crippen molar-refractivity contribution in [1.29, 1.82) is 0 Å². The Morgan fingerprint density at radius 2 is 1.83 bits per heavy atom. The molecule has 1 amide bonds. The van der Waals surface area contributed by atoms with E-state index in [2.05, 4.69) is 15.4 Å². The first kappa shape index (κ1) is 19.5. The molecule has 10 heteroatoms. The first-order chi connectivity index (χ1) is 14.0. The van der Waals surface area contributed by atoms with Gasteiger partial charge >= 0.3 is 0 Å². The van der Waals surface area contributed by atoms with Gasteiger partial charge in [-0.1, -0.05) is 12.1 Å². The fraction of sp³-hybridized carbons (Fsp3) is 0.316. The lowest BCUT2D eigenvalue weighted by Crippen LogP contribution is -2.40. The molecule has 0 atom stereocenters. The van der Waals surface area contributed by atoms with Crippen LogP contribution in [-0.4, -0.2) is 59.5 Å². The zero-order valence-corrected chi connectivity index (χ0v) is 16.5. The highest BCUT2D eigenvalue weighted by molar-refractivity contribution is 7.89. The van der Waals surface area contributed by atoms with Crippen molar-refractivity contribution in [3.63, 3.8) is 0 Å². The second kappa shape index (κ2) is 8.27. The molecule has 152 valence electrons. The van der Waals surface area contributed by atoms with E-state index in [-0.39, 0.29) is 17.2 Å². The molecule has 0 saturated carbocycles. The molecule has 1 aliphatic heterocycles. The predicted octanol–water partition coefficient (Wildman–Crippen LogP) is 1.32. The summed E-state index contributed by atoms with van der Waals surface area (Å²) in [6, 6.07) is 10.1. The van der Waals surface area contributed by atoms with Crippen molar-refractivity contribution < 1.29 is 17.9 Å². The SMILES string of the molecule is O=C(CCc1ccc(S(=O)(=O)N2CCOCC2)cc1)Nc1ccnc2ccnn12. The summed E-state index contributed by atoms with van der Waals surface area (Å²) in [5, 5.41) is 6.96. The van der Waals surface area contributed by atoms with E-state index >= 15 is 0 Å². The zero-order valence-electron chi connectivity index (χ0n) is 15.7. The molecule has 1 aliphatic rings. The number of benzene rings is 1. The molecule has 0 bridgehead atoms. The standard InChI is InChI=1S/C19H21N5O4S/c25-19(22-18-7-9-20-17-8-10-21-24(17)18)6-3-15-1-4-16(5-2-15)29(26,27)23-11-13-28-14-12-23/h1-2,4-5,7-10H,3,6,11-14H2,(H,22,25). The van der Waals surface area contributed by atoms with E-state index in [9.17, 15) is 13.2 Å². The number of carbonyl (C=O) groups is 1. The maximum Gasteiger partial charge on any atom is 0.243 e. The Morgan fingerprint density at radius 1 is 1.07 bits per heavy atom. The number of carbonyl (C=O) groups excluding carboxylic acids is 1. The number of hydrogen-bond donors (Lipinski definition) is 1. The predicted molar refractivity (Wildman–Crippen MR) is 106 cm³/mol. The van der Waals surface area contributed by atoms with Crippen LogP contribution in [0.3, 0.4) is 0 Å². The van der Waals surface area contributed by atoms with Crippen molar-refractivity contribution in [3.8, 4) is 0 Å².